The van der Waals surface area contributed by atoms with E-state index in [-0.39, 0.29) is 12.3 Å². The topological polar surface area (TPSA) is 66.4 Å². The van der Waals surface area contributed by atoms with Crippen LogP contribution in [0.1, 0.15) is 206 Å². The van der Waals surface area contributed by atoms with E-state index in [0.29, 0.717) is 6.54 Å². The van der Waals surface area contributed by atoms with Crippen LogP contribution >= 0.6 is 0 Å². The maximum atomic E-state index is 12.3. The summed E-state index contributed by atoms with van der Waals surface area (Å²) in [6.45, 7) is 5.19. The number of rotatable bonds is 35. The van der Waals surface area contributed by atoms with E-state index in [2.05, 4.69) is 31.3 Å². The zero-order valence-corrected chi connectivity index (χ0v) is 29.6. The molecule has 0 bridgehead atoms. The molecule has 0 aliphatic rings. The first kappa shape index (κ1) is 42.4. The van der Waals surface area contributed by atoms with Crippen molar-refractivity contribution >= 4 is 11.9 Å². The van der Waals surface area contributed by atoms with E-state index in [0.717, 1.165) is 25.7 Å². The monoisotopic (exact) mass is 618 g/mol. The Bertz CT molecular complexity index is 672. The summed E-state index contributed by atoms with van der Waals surface area (Å²) in [4.78, 5) is 23.9. The van der Waals surface area contributed by atoms with Crippen LogP contribution in [0.5, 0.6) is 0 Å². The predicted molar refractivity (Wildman–Crippen MR) is 192 cm³/mol. The van der Waals surface area contributed by atoms with Gasteiger partial charge in [0, 0.05) is 13.0 Å². The van der Waals surface area contributed by atoms with E-state index in [4.69, 9.17) is 0 Å². The average molecular weight is 618 g/mol. The van der Waals surface area contributed by atoms with Crippen LogP contribution in [0.25, 0.3) is 0 Å². The van der Waals surface area contributed by atoms with Crippen molar-refractivity contribution in [3.8, 4) is 0 Å². The number of allylic oxidation sites excluding steroid dienone is 3. The summed E-state index contributed by atoms with van der Waals surface area (Å²) in [6, 6.07) is 0. The van der Waals surface area contributed by atoms with Crippen LogP contribution in [-0.2, 0) is 9.59 Å². The minimum absolute atomic E-state index is 0.0386. The summed E-state index contributed by atoms with van der Waals surface area (Å²) in [5, 5.41) is 12.5. The van der Waals surface area contributed by atoms with E-state index in [1.807, 2.05) is 6.08 Å². The summed E-state index contributed by atoms with van der Waals surface area (Å²) in [5.74, 6) is -1.78. The number of aliphatic carboxylic acids is 1. The van der Waals surface area contributed by atoms with E-state index in [9.17, 15) is 14.7 Å². The molecule has 258 valence electrons. The molecule has 4 nitrogen and oxygen atoms in total. The molecule has 0 fully saturated rings. The maximum absolute atomic E-state index is 12.3. The van der Waals surface area contributed by atoms with Crippen molar-refractivity contribution < 1.29 is 14.7 Å². The van der Waals surface area contributed by atoms with Gasteiger partial charge in [0.05, 0.1) is 5.92 Å². The molecular weight excluding hydrogens is 542 g/mol. The normalized spacial score (nSPS) is 12.4. The quantitative estimate of drug-likeness (QED) is 0.0549. The Kier molecular flexibility index (Phi) is 34.6. The molecule has 0 heterocycles. The predicted octanol–water partition coefficient (Wildman–Crippen LogP) is 12.7. The second-order valence-electron chi connectivity index (χ2n) is 13.2. The van der Waals surface area contributed by atoms with Crippen molar-refractivity contribution in [3.05, 3.63) is 24.3 Å². The van der Waals surface area contributed by atoms with Crippen molar-refractivity contribution in [2.75, 3.05) is 6.54 Å². The van der Waals surface area contributed by atoms with Crippen LogP contribution in [0.2, 0.25) is 0 Å². The fourth-order valence-corrected chi connectivity index (χ4v) is 5.83. The van der Waals surface area contributed by atoms with Crippen LogP contribution < -0.4 is 5.32 Å². The number of amides is 1. The lowest BCUT2D eigenvalue weighted by Gasteiger charge is -2.09. The summed E-state index contributed by atoms with van der Waals surface area (Å²) in [6.07, 6.45) is 45.9. The Morgan fingerprint density at radius 1 is 0.500 bits per heavy atom. The molecule has 0 saturated heterocycles. The molecule has 0 aromatic carbocycles. The Labute approximate surface area is 274 Å². The first-order valence-corrected chi connectivity index (χ1v) is 19.4. The summed E-state index contributed by atoms with van der Waals surface area (Å²) >= 11 is 0. The third-order valence-electron chi connectivity index (χ3n) is 8.83. The number of unbranched alkanes of at least 4 members (excludes halogenated alkanes) is 26. The largest absolute Gasteiger partial charge is 0.481 e. The highest BCUT2D eigenvalue weighted by atomic mass is 16.4. The number of carbonyl (C=O) groups excluding carboxylic acids is 1. The van der Waals surface area contributed by atoms with Gasteiger partial charge < -0.3 is 10.4 Å². The van der Waals surface area contributed by atoms with Gasteiger partial charge in [0.2, 0.25) is 5.91 Å². The molecule has 0 aliphatic carbocycles. The van der Waals surface area contributed by atoms with Gasteiger partial charge in [-0.2, -0.15) is 0 Å². The number of nitrogens with one attached hydrogen (secondary N) is 1. The smallest absolute Gasteiger partial charge is 0.310 e. The first-order valence-electron chi connectivity index (χ1n) is 19.4. The second kappa shape index (κ2) is 35.9. The SMILES string of the molecule is CCCCCCCC/C=C/CCCCCCCCNC(=O)CC(/C=C/CCCCCCCCCCCCCCCC)C(=O)O. The Morgan fingerprint density at radius 2 is 0.841 bits per heavy atom. The summed E-state index contributed by atoms with van der Waals surface area (Å²) in [7, 11) is 0. The molecule has 0 aromatic heterocycles. The van der Waals surface area contributed by atoms with E-state index in [1.54, 1.807) is 6.08 Å². The molecule has 0 rings (SSSR count). The van der Waals surface area contributed by atoms with Gasteiger partial charge in [-0.1, -0.05) is 179 Å². The fraction of sp³-hybridized carbons (Fsp3) is 0.850. The van der Waals surface area contributed by atoms with Crippen molar-refractivity contribution in [1.82, 2.24) is 5.32 Å². The van der Waals surface area contributed by atoms with E-state index >= 15 is 0 Å². The third kappa shape index (κ3) is 33.3. The molecular formula is C40H75NO3. The molecule has 0 aliphatic heterocycles. The summed E-state index contributed by atoms with van der Waals surface area (Å²) < 4.78 is 0. The third-order valence-corrected chi connectivity index (χ3v) is 8.83. The number of carboxylic acid groups (broad SMARTS) is 1. The van der Waals surface area contributed by atoms with Gasteiger partial charge in [-0.3, -0.25) is 9.59 Å². The van der Waals surface area contributed by atoms with E-state index < -0.39 is 11.9 Å². The highest BCUT2D eigenvalue weighted by molar-refractivity contribution is 5.83. The molecule has 0 spiro atoms. The van der Waals surface area contributed by atoms with Crippen LogP contribution in [0.4, 0.5) is 0 Å². The Hall–Kier alpha value is -1.58. The van der Waals surface area contributed by atoms with Crippen LogP contribution in [0.3, 0.4) is 0 Å². The zero-order chi connectivity index (χ0) is 32.2. The molecule has 1 unspecified atom stereocenters. The number of carbonyl (C=O) groups is 2. The lowest BCUT2D eigenvalue weighted by Crippen LogP contribution is -2.28. The van der Waals surface area contributed by atoms with Gasteiger partial charge in [-0.05, 0) is 44.9 Å². The molecule has 2 N–H and O–H groups in total. The van der Waals surface area contributed by atoms with Gasteiger partial charge in [0.15, 0.2) is 0 Å². The number of carboxylic acids is 1. The lowest BCUT2D eigenvalue weighted by molar-refractivity contribution is -0.142. The summed E-state index contributed by atoms with van der Waals surface area (Å²) in [5.41, 5.74) is 0. The van der Waals surface area contributed by atoms with Crippen molar-refractivity contribution in [2.24, 2.45) is 5.92 Å². The standard InChI is InChI=1S/C40H75NO3/c1-3-5-7-9-11-13-15-17-19-21-23-25-27-29-31-33-35-38(40(43)44)37-39(42)41-36-34-32-30-28-26-24-22-20-18-16-14-12-10-8-6-4-2/h18,20,33,35,38H,3-17,19,21-32,34,36-37H2,1-2H3,(H,41,42)(H,43,44)/b20-18+,35-33+. The lowest BCUT2D eigenvalue weighted by atomic mass is 10.0. The second-order valence-corrected chi connectivity index (χ2v) is 13.2. The van der Waals surface area contributed by atoms with Crippen molar-refractivity contribution in [3.63, 3.8) is 0 Å². The minimum atomic E-state index is -0.908. The number of hydrogen-bond acceptors (Lipinski definition) is 2. The molecule has 0 radical (unpaired) electrons. The van der Waals surface area contributed by atoms with Crippen LogP contribution in [0, 0.1) is 5.92 Å². The van der Waals surface area contributed by atoms with Crippen molar-refractivity contribution in [2.45, 2.75) is 206 Å². The Balaban J connectivity index is 3.60. The molecule has 0 aromatic rings. The Morgan fingerprint density at radius 3 is 1.23 bits per heavy atom. The molecule has 44 heavy (non-hydrogen) atoms. The fourth-order valence-electron chi connectivity index (χ4n) is 5.83. The van der Waals surface area contributed by atoms with Gasteiger partial charge in [0.1, 0.15) is 0 Å². The van der Waals surface area contributed by atoms with Gasteiger partial charge in [0.25, 0.3) is 0 Å². The van der Waals surface area contributed by atoms with Crippen molar-refractivity contribution in [1.29, 1.82) is 0 Å². The van der Waals surface area contributed by atoms with Gasteiger partial charge in [-0.25, -0.2) is 0 Å². The van der Waals surface area contributed by atoms with E-state index in [1.165, 1.54) is 161 Å². The van der Waals surface area contributed by atoms with Gasteiger partial charge >= 0.3 is 5.97 Å². The minimum Gasteiger partial charge on any atom is -0.481 e. The molecule has 0 saturated carbocycles. The maximum Gasteiger partial charge on any atom is 0.310 e. The zero-order valence-electron chi connectivity index (χ0n) is 29.6. The van der Waals surface area contributed by atoms with Crippen LogP contribution in [-0.4, -0.2) is 23.5 Å². The number of hydrogen-bond donors (Lipinski definition) is 2. The van der Waals surface area contributed by atoms with Crippen LogP contribution in [0.15, 0.2) is 24.3 Å². The highest BCUT2D eigenvalue weighted by Gasteiger charge is 2.17. The first-order chi connectivity index (χ1) is 21.6. The highest BCUT2D eigenvalue weighted by Crippen LogP contribution is 2.15. The molecule has 1 amide bonds. The van der Waals surface area contributed by atoms with Gasteiger partial charge in [-0.15, -0.1) is 0 Å². The molecule has 4 heteroatoms. The average Bonchev–Trinajstić information content (AvgIpc) is 3.01. The molecule has 1 atom stereocenters.